The molecule has 0 aromatic heterocycles. The molecule has 2 nitrogen and oxygen atoms in total. The number of aliphatic hydroxyl groups excluding tert-OH is 1. The van der Waals surface area contributed by atoms with Crippen molar-refractivity contribution in [1.82, 2.24) is 5.32 Å². The first-order chi connectivity index (χ1) is 6.99. The first-order valence-corrected chi connectivity index (χ1v) is 5.20. The zero-order valence-electron chi connectivity index (χ0n) is 9.00. The minimum atomic E-state index is -0.751. The van der Waals surface area contributed by atoms with Crippen molar-refractivity contribution in [1.29, 1.82) is 0 Å². The van der Waals surface area contributed by atoms with Gasteiger partial charge in [-0.3, -0.25) is 0 Å². The highest BCUT2D eigenvalue weighted by Crippen LogP contribution is 2.32. The summed E-state index contributed by atoms with van der Waals surface area (Å²) < 4.78 is 13.4. The molecule has 0 saturated carbocycles. The van der Waals surface area contributed by atoms with Gasteiger partial charge >= 0.3 is 0 Å². The van der Waals surface area contributed by atoms with Crippen molar-refractivity contribution in [3.8, 4) is 0 Å². The molecule has 1 aromatic carbocycles. The number of hydrogen-bond acceptors (Lipinski definition) is 2. The number of rotatable bonds is 2. The second kappa shape index (κ2) is 3.58. The SMILES string of the molecule is CC1(C)CC([C@@H](O)c2ccccc2F)N1. The van der Waals surface area contributed by atoms with Crippen LogP contribution in [-0.2, 0) is 0 Å². The van der Waals surface area contributed by atoms with Crippen molar-refractivity contribution >= 4 is 0 Å². The van der Waals surface area contributed by atoms with E-state index in [1.54, 1.807) is 18.2 Å². The van der Waals surface area contributed by atoms with Crippen molar-refractivity contribution in [2.75, 3.05) is 0 Å². The van der Waals surface area contributed by atoms with Crippen LogP contribution in [0, 0.1) is 5.82 Å². The minimum absolute atomic E-state index is 0.0306. The highest BCUT2D eigenvalue weighted by Gasteiger charge is 2.40. The Labute approximate surface area is 89.1 Å². The third-order valence-electron chi connectivity index (χ3n) is 2.91. The van der Waals surface area contributed by atoms with E-state index in [0.29, 0.717) is 5.56 Å². The third-order valence-corrected chi connectivity index (χ3v) is 2.91. The second-order valence-electron chi connectivity index (χ2n) is 4.81. The third kappa shape index (κ3) is 2.03. The monoisotopic (exact) mass is 209 g/mol. The number of aliphatic hydroxyl groups is 1. The van der Waals surface area contributed by atoms with Gasteiger partial charge < -0.3 is 10.4 Å². The molecule has 1 fully saturated rings. The molecule has 1 unspecified atom stereocenters. The molecule has 1 aliphatic rings. The van der Waals surface area contributed by atoms with Gasteiger partial charge in [0.05, 0.1) is 6.10 Å². The molecule has 1 aromatic rings. The van der Waals surface area contributed by atoms with Gasteiger partial charge in [-0.15, -0.1) is 0 Å². The minimum Gasteiger partial charge on any atom is -0.387 e. The molecule has 0 bridgehead atoms. The molecule has 82 valence electrons. The molecule has 0 aliphatic carbocycles. The highest BCUT2D eigenvalue weighted by atomic mass is 19.1. The lowest BCUT2D eigenvalue weighted by Gasteiger charge is -2.46. The van der Waals surface area contributed by atoms with Crippen molar-refractivity contribution in [3.05, 3.63) is 35.6 Å². The highest BCUT2D eigenvalue weighted by molar-refractivity contribution is 5.22. The zero-order valence-corrected chi connectivity index (χ0v) is 9.00. The van der Waals surface area contributed by atoms with E-state index in [9.17, 15) is 9.50 Å². The van der Waals surface area contributed by atoms with Crippen LogP contribution in [0.25, 0.3) is 0 Å². The molecule has 0 amide bonds. The van der Waals surface area contributed by atoms with Crippen molar-refractivity contribution < 1.29 is 9.50 Å². The van der Waals surface area contributed by atoms with Gasteiger partial charge in [0.25, 0.3) is 0 Å². The Kier molecular flexibility index (Phi) is 2.52. The second-order valence-corrected chi connectivity index (χ2v) is 4.81. The summed E-state index contributed by atoms with van der Waals surface area (Å²) in [6.07, 6.45) is 0.113. The Morgan fingerprint density at radius 1 is 1.47 bits per heavy atom. The van der Waals surface area contributed by atoms with Gasteiger partial charge in [-0.05, 0) is 26.3 Å². The van der Waals surface area contributed by atoms with E-state index in [1.165, 1.54) is 6.07 Å². The topological polar surface area (TPSA) is 32.3 Å². The molecule has 2 N–H and O–H groups in total. The van der Waals surface area contributed by atoms with E-state index in [4.69, 9.17) is 0 Å². The summed E-state index contributed by atoms with van der Waals surface area (Å²) in [4.78, 5) is 0. The predicted molar refractivity (Wildman–Crippen MR) is 57.0 cm³/mol. The Hall–Kier alpha value is -0.930. The van der Waals surface area contributed by atoms with E-state index in [1.807, 2.05) is 0 Å². The molecule has 1 aliphatic heterocycles. The summed E-state index contributed by atoms with van der Waals surface area (Å²) in [7, 11) is 0. The van der Waals surface area contributed by atoms with Gasteiger partial charge in [0, 0.05) is 17.1 Å². The van der Waals surface area contributed by atoms with Crippen LogP contribution >= 0.6 is 0 Å². The zero-order chi connectivity index (χ0) is 11.1. The molecule has 2 rings (SSSR count). The van der Waals surface area contributed by atoms with E-state index >= 15 is 0 Å². The molecular formula is C12H16FNO. The Balaban J connectivity index is 2.10. The van der Waals surface area contributed by atoms with Crippen LogP contribution in [-0.4, -0.2) is 16.7 Å². The average Bonchev–Trinajstić information content (AvgIpc) is 2.14. The normalized spacial score (nSPS) is 25.7. The molecule has 0 radical (unpaired) electrons. The fraction of sp³-hybridized carbons (Fsp3) is 0.500. The fourth-order valence-electron chi connectivity index (χ4n) is 2.15. The molecule has 1 heterocycles. The van der Waals surface area contributed by atoms with Crippen LogP contribution in [0.3, 0.4) is 0 Å². The summed E-state index contributed by atoms with van der Waals surface area (Å²) in [5.74, 6) is -0.337. The Morgan fingerprint density at radius 3 is 2.60 bits per heavy atom. The number of hydrogen-bond donors (Lipinski definition) is 2. The van der Waals surface area contributed by atoms with Crippen molar-refractivity contribution in [2.45, 2.75) is 38.0 Å². The summed E-state index contributed by atoms with van der Waals surface area (Å²) in [6.45, 7) is 4.13. The predicted octanol–water partition coefficient (Wildman–Crippen LogP) is 2.00. The Bertz CT molecular complexity index is 356. The van der Waals surface area contributed by atoms with Gasteiger partial charge in [-0.1, -0.05) is 18.2 Å². The van der Waals surface area contributed by atoms with Gasteiger partial charge in [0.2, 0.25) is 0 Å². The van der Waals surface area contributed by atoms with Gasteiger partial charge in [0.15, 0.2) is 0 Å². The Morgan fingerprint density at radius 2 is 2.07 bits per heavy atom. The van der Waals surface area contributed by atoms with Crippen LogP contribution in [0.15, 0.2) is 24.3 Å². The fourth-order valence-corrected chi connectivity index (χ4v) is 2.15. The first-order valence-electron chi connectivity index (χ1n) is 5.20. The van der Waals surface area contributed by atoms with E-state index in [-0.39, 0.29) is 17.4 Å². The maximum atomic E-state index is 13.4. The lowest BCUT2D eigenvalue weighted by molar-refractivity contribution is 0.0369. The molecular weight excluding hydrogens is 193 g/mol. The lowest BCUT2D eigenvalue weighted by Crippen LogP contribution is -2.62. The lowest BCUT2D eigenvalue weighted by atomic mass is 9.80. The number of halogens is 1. The van der Waals surface area contributed by atoms with E-state index < -0.39 is 6.10 Å². The summed E-state index contributed by atoms with van der Waals surface area (Å²) in [5.41, 5.74) is 0.446. The molecule has 1 saturated heterocycles. The van der Waals surface area contributed by atoms with Crippen LogP contribution in [0.4, 0.5) is 4.39 Å². The molecule has 2 atom stereocenters. The summed E-state index contributed by atoms with van der Waals surface area (Å²) in [6, 6.07) is 6.35. The average molecular weight is 209 g/mol. The van der Waals surface area contributed by atoms with E-state index in [2.05, 4.69) is 19.2 Å². The van der Waals surface area contributed by atoms with Crippen LogP contribution in [0.5, 0.6) is 0 Å². The summed E-state index contributed by atoms with van der Waals surface area (Å²) >= 11 is 0. The number of benzene rings is 1. The van der Waals surface area contributed by atoms with Crippen LogP contribution < -0.4 is 5.32 Å². The molecule has 0 spiro atoms. The van der Waals surface area contributed by atoms with Gasteiger partial charge in [-0.25, -0.2) is 4.39 Å². The molecule has 15 heavy (non-hydrogen) atoms. The standard InChI is InChI=1S/C12H16FNO/c1-12(2)7-10(14-12)11(15)8-5-3-4-6-9(8)13/h3-6,10-11,14-15H,7H2,1-2H3/t10?,11-/m0/s1. The smallest absolute Gasteiger partial charge is 0.129 e. The van der Waals surface area contributed by atoms with Crippen molar-refractivity contribution in [3.63, 3.8) is 0 Å². The van der Waals surface area contributed by atoms with Crippen LogP contribution in [0.2, 0.25) is 0 Å². The maximum Gasteiger partial charge on any atom is 0.129 e. The maximum absolute atomic E-state index is 13.4. The quantitative estimate of drug-likeness (QED) is 0.780. The van der Waals surface area contributed by atoms with E-state index in [0.717, 1.165) is 6.42 Å². The van der Waals surface area contributed by atoms with Crippen molar-refractivity contribution in [2.24, 2.45) is 0 Å². The summed E-state index contributed by atoms with van der Waals surface area (Å²) in [5, 5.41) is 13.2. The number of nitrogens with one attached hydrogen (secondary N) is 1. The van der Waals surface area contributed by atoms with Gasteiger partial charge in [-0.2, -0.15) is 0 Å². The van der Waals surface area contributed by atoms with Crippen LogP contribution in [0.1, 0.15) is 31.9 Å². The first kappa shape index (κ1) is 10.6. The largest absolute Gasteiger partial charge is 0.387 e. The molecule has 3 heteroatoms. The van der Waals surface area contributed by atoms with Gasteiger partial charge in [0.1, 0.15) is 5.82 Å².